The number of amides is 1. The molecule has 0 saturated heterocycles. The lowest BCUT2D eigenvalue weighted by Crippen LogP contribution is -2.15. The molecule has 22 heavy (non-hydrogen) atoms. The largest absolute Gasteiger partial charge is 0.435 e. The summed E-state index contributed by atoms with van der Waals surface area (Å²) in [5.41, 5.74) is 6.83. The number of carbonyl (C=O) groups is 1. The van der Waals surface area contributed by atoms with Crippen LogP contribution in [0.3, 0.4) is 0 Å². The number of anilines is 1. The second-order valence-electron chi connectivity index (χ2n) is 4.40. The number of ether oxygens (including phenoxy) is 1. The topological polar surface area (TPSA) is 64.4 Å². The van der Waals surface area contributed by atoms with Crippen molar-refractivity contribution in [3.63, 3.8) is 0 Å². The molecule has 2 aromatic carbocycles. The maximum Gasteiger partial charge on any atom is 0.387 e. The van der Waals surface area contributed by atoms with Crippen LogP contribution in [0.4, 0.5) is 14.5 Å². The molecule has 0 atom stereocenters. The molecule has 0 aliphatic carbocycles. The van der Waals surface area contributed by atoms with Crippen molar-refractivity contribution < 1.29 is 18.3 Å². The van der Waals surface area contributed by atoms with Crippen molar-refractivity contribution in [1.29, 1.82) is 0 Å². The van der Waals surface area contributed by atoms with Gasteiger partial charge in [-0.3, -0.25) is 4.79 Å². The third-order valence-corrected chi connectivity index (χ3v) is 3.21. The summed E-state index contributed by atoms with van der Waals surface area (Å²) in [4.78, 5) is 11.4. The molecule has 0 heterocycles. The highest BCUT2D eigenvalue weighted by Gasteiger charge is 2.12. The lowest BCUT2D eigenvalue weighted by atomic mass is 10.1. The molecule has 0 saturated carbocycles. The third-order valence-electron chi connectivity index (χ3n) is 2.89. The number of alkyl halides is 2. The van der Waals surface area contributed by atoms with Gasteiger partial charge in [0.15, 0.2) is 0 Å². The number of hydrogen-bond donors (Lipinski definition) is 2. The minimum Gasteiger partial charge on any atom is -0.435 e. The van der Waals surface area contributed by atoms with Crippen LogP contribution in [-0.4, -0.2) is 12.5 Å². The molecule has 0 fully saturated rings. The Labute approximate surface area is 130 Å². The van der Waals surface area contributed by atoms with Crippen molar-refractivity contribution in [2.45, 2.75) is 13.2 Å². The molecular weight excluding hydrogens is 314 g/mol. The van der Waals surface area contributed by atoms with E-state index in [9.17, 15) is 13.6 Å². The Balaban J connectivity index is 2.07. The SMILES string of the molecule is NC(=O)c1c(Cl)cccc1NCc1ccc(OC(F)F)cc1. The average molecular weight is 327 g/mol. The highest BCUT2D eigenvalue weighted by atomic mass is 35.5. The summed E-state index contributed by atoms with van der Waals surface area (Å²) < 4.78 is 28.4. The molecule has 2 aromatic rings. The van der Waals surface area contributed by atoms with E-state index in [4.69, 9.17) is 17.3 Å². The van der Waals surface area contributed by atoms with Crippen LogP contribution in [0.2, 0.25) is 5.02 Å². The maximum atomic E-state index is 12.1. The number of halogens is 3. The van der Waals surface area contributed by atoms with Crippen molar-refractivity contribution in [3.05, 3.63) is 58.6 Å². The van der Waals surface area contributed by atoms with Gasteiger partial charge in [-0.25, -0.2) is 0 Å². The second kappa shape index (κ2) is 7.09. The van der Waals surface area contributed by atoms with Crippen LogP contribution in [-0.2, 0) is 6.54 Å². The first-order valence-corrected chi connectivity index (χ1v) is 6.71. The molecule has 0 spiro atoms. The van der Waals surface area contributed by atoms with E-state index in [1.165, 1.54) is 12.1 Å². The fraction of sp³-hybridized carbons (Fsp3) is 0.133. The monoisotopic (exact) mass is 326 g/mol. The van der Waals surface area contributed by atoms with E-state index in [-0.39, 0.29) is 16.3 Å². The fourth-order valence-corrected chi connectivity index (χ4v) is 2.18. The van der Waals surface area contributed by atoms with E-state index in [1.807, 2.05) is 0 Å². The number of nitrogens with one attached hydrogen (secondary N) is 1. The molecule has 0 radical (unpaired) electrons. The zero-order valence-corrected chi connectivity index (χ0v) is 12.1. The van der Waals surface area contributed by atoms with Crippen LogP contribution >= 0.6 is 11.6 Å². The molecule has 0 aliphatic heterocycles. The van der Waals surface area contributed by atoms with Crippen molar-refractivity contribution in [2.75, 3.05) is 5.32 Å². The first-order chi connectivity index (χ1) is 10.5. The van der Waals surface area contributed by atoms with Crippen molar-refractivity contribution in [3.8, 4) is 5.75 Å². The zero-order chi connectivity index (χ0) is 16.1. The summed E-state index contributed by atoms with van der Waals surface area (Å²) in [5, 5.41) is 3.30. The Bertz CT molecular complexity index is 663. The quantitative estimate of drug-likeness (QED) is 0.851. The van der Waals surface area contributed by atoms with Gasteiger partial charge in [0.05, 0.1) is 10.6 Å². The summed E-state index contributed by atoms with van der Waals surface area (Å²) in [7, 11) is 0. The van der Waals surface area contributed by atoms with Crippen molar-refractivity contribution in [2.24, 2.45) is 5.73 Å². The molecule has 2 rings (SSSR count). The number of carbonyl (C=O) groups excluding carboxylic acids is 1. The van der Waals surface area contributed by atoms with Gasteiger partial charge in [-0.2, -0.15) is 8.78 Å². The van der Waals surface area contributed by atoms with Crippen LogP contribution in [0.25, 0.3) is 0 Å². The average Bonchev–Trinajstić information content (AvgIpc) is 2.45. The minimum atomic E-state index is -2.85. The van der Waals surface area contributed by atoms with Crippen LogP contribution in [0, 0.1) is 0 Å². The van der Waals surface area contributed by atoms with E-state index in [0.717, 1.165) is 5.56 Å². The van der Waals surface area contributed by atoms with Gasteiger partial charge in [0.2, 0.25) is 0 Å². The van der Waals surface area contributed by atoms with Crippen LogP contribution in [0.5, 0.6) is 5.75 Å². The highest BCUT2D eigenvalue weighted by molar-refractivity contribution is 6.34. The normalized spacial score (nSPS) is 10.5. The number of nitrogens with two attached hydrogens (primary N) is 1. The Hall–Kier alpha value is -2.34. The molecule has 0 aromatic heterocycles. The molecule has 3 N–H and O–H groups in total. The van der Waals surface area contributed by atoms with E-state index in [2.05, 4.69) is 10.1 Å². The van der Waals surface area contributed by atoms with Gasteiger partial charge >= 0.3 is 6.61 Å². The smallest absolute Gasteiger partial charge is 0.387 e. The number of benzene rings is 2. The van der Waals surface area contributed by atoms with Gasteiger partial charge in [-0.05, 0) is 29.8 Å². The van der Waals surface area contributed by atoms with Gasteiger partial charge < -0.3 is 15.8 Å². The van der Waals surface area contributed by atoms with E-state index >= 15 is 0 Å². The molecule has 1 amide bonds. The molecule has 0 bridgehead atoms. The molecule has 116 valence electrons. The zero-order valence-electron chi connectivity index (χ0n) is 11.4. The third kappa shape index (κ3) is 4.08. The van der Waals surface area contributed by atoms with E-state index in [0.29, 0.717) is 12.2 Å². The number of primary amides is 1. The first-order valence-electron chi connectivity index (χ1n) is 6.33. The molecule has 4 nitrogen and oxygen atoms in total. The fourth-order valence-electron chi connectivity index (χ4n) is 1.91. The van der Waals surface area contributed by atoms with Gasteiger partial charge in [-0.15, -0.1) is 0 Å². The predicted molar refractivity (Wildman–Crippen MR) is 80.4 cm³/mol. The minimum absolute atomic E-state index is 0.0827. The lowest BCUT2D eigenvalue weighted by Gasteiger charge is -2.12. The second-order valence-corrected chi connectivity index (χ2v) is 4.81. The number of rotatable bonds is 6. The van der Waals surface area contributed by atoms with E-state index < -0.39 is 12.5 Å². The summed E-state index contributed by atoms with van der Waals surface area (Å²) in [6, 6.07) is 11.1. The molecular formula is C15H13ClF2N2O2. The van der Waals surface area contributed by atoms with Gasteiger partial charge in [0.1, 0.15) is 5.75 Å². The molecule has 0 unspecified atom stereocenters. The number of hydrogen-bond acceptors (Lipinski definition) is 3. The standard InChI is InChI=1S/C15H13ClF2N2O2/c16-11-2-1-3-12(13(11)14(19)21)20-8-9-4-6-10(7-5-9)22-15(17)18/h1-7,15,20H,8H2,(H2,19,21). The Morgan fingerprint density at radius 1 is 1.23 bits per heavy atom. The van der Waals surface area contributed by atoms with Gasteiger partial charge in [0, 0.05) is 12.2 Å². The van der Waals surface area contributed by atoms with Crippen molar-refractivity contribution in [1.82, 2.24) is 0 Å². The molecule has 7 heteroatoms. The van der Waals surface area contributed by atoms with Crippen LogP contribution in [0.15, 0.2) is 42.5 Å². The van der Waals surface area contributed by atoms with Gasteiger partial charge in [-0.1, -0.05) is 29.8 Å². The summed E-state index contributed by atoms with van der Waals surface area (Å²) in [5.74, 6) is -0.548. The van der Waals surface area contributed by atoms with Crippen molar-refractivity contribution >= 4 is 23.2 Å². The maximum absolute atomic E-state index is 12.1. The highest BCUT2D eigenvalue weighted by Crippen LogP contribution is 2.24. The Morgan fingerprint density at radius 3 is 2.50 bits per heavy atom. The first kappa shape index (κ1) is 16.0. The predicted octanol–water partition coefficient (Wildman–Crippen LogP) is 3.65. The van der Waals surface area contributed by atoms with Gasteiger partial charge in [0.25, 0.3) is 5.91 Å². The van der Waals surface area contributed by atoms with E-state index in [1.54, 1.807) is 30.3 Å². The van der Waals surface area contributed by atoms with Crippen LogP contribution < -0.4 is 15.8 Å². The summed E-state index contributed by atoms with van der Waals surface area (Å²) in [6.45, 7) is -2.48. The lowest BCUT2D eigenvalue weighted by molar-refractivity contribution is -0.0498. The molecule has 0 aliphatic rings. The Morgan fingerprint density at radius 2 is 1.91 bits per heavy atom. The van der Waals surface area contributed by atoms with Crippen LogP contribution in [0.1, 0.15) is 15.9 Å². The summed E-state index contributed by atoms with van der Waals surface area (Å²) >= 11 is 5.95. The summed E-state index contributed by atoms with van der Waals surface area (Å²) in [6.07, 6.45) is 0. The Kier molecular flexibility index (Phi) is 5.16.